The van der Waals surface area contributed by atoms with Crippen molar-refractivity contribution in [1.82, 2.24) is 15.2 Å². The lowest BCUT2D eigenvalue weighted by Crippen LogP contribution is -2.37. The van der Waals surface area contributed by atoms with Gasteiger partial charge in [0.2, 0.25) is 5.91 Å². The molecule has 25 heavy (non-hydrogen) atoms. The summed E-state index contributed by atoms with van der Waals surface area (Å²) < 4.78 is 13.5. The summed E-state index contributed by atoms with van der Waals surface area (Å²) in [4.78, 5) is 17.8. The fourth-order valence-electron chi connectivity index (χ4n) is 4.02. The zero-order valence-electron chi connectivity index (χ0n) is 14.8. The van der Waals surface area contributed by atoms with Gasteiger partial charge in [-0.05, 0) is 62.4 Å². The van der Waals surface area contributed by atoms with Gasteiger partial charge in [-0.15, -0.1) is 0 Å². The second-order valence-corrected chi connectivity index (χ2v) is 7.68. The number of amides is 1. The maximum atomic E-state index is 13.5. The number of carbonyl (C=O) groups is 1. The van der Waals surface area contributed by atoms with Crippen LogP contribution in [0.1, 0.15) is 36.9 Å². The highest BCUT2D eigenvalue weighted by Crippen LogP contribution is 2.27. The average molecular weight is 343 g/mol. The Hall–Kier alpha value is -1.88. The number of nitrogens with zero attached hydrogens (tertiary/aromatic N) is 1. The van der Waals surface area contributed by atoms with Gasteiger partial charge in [-0.2, -0.15) is 0 Å². The molecule has 2 aromatic rings. The molecule has 0 spiro atoms. The van der Waals surface area contributed by atoms with E-state index in [1.54, 1.807) is 6.07 Å². The van der Waals surface area contributed by atoms with Gasteiger partial charge in [-0.1, -0.05) is 6.42 Å². The van der Waals surface area contributed by atoms with Crippen molar-refractivity contribution < 1.29 is 9.18 Å². The van der Waals surface area contributed by atoms with Gasteiger partial charge in [-0.3, -0.25) is 9.69 Å². The van der Waals surface area contributed by atoms with Crippen LogP contribution in [0.3, 0.4) is 0 Å². The van der Waals surface area contributed by atoms with E-state index in [1.165, 1.54) is 18.2 Å². The molecule has 4 nitrogen and oxygen atoms in total. The molecule has 1 aromatic carbocycles. The normalized spacial score (nSPS) is 21.6. The Morgan fingerprint density at radius 2 is 2.20 bits per heavy atom. The number of benzene rings is 1. The molecular weight excluding hydrogens is 317 g/mol. The summed E-state index contributed by atoms with van der Waals surface area (Å²) in [7, 11) is 0. The smallest absolute Gasteiger partial charge is 0.223 e. The molecule has 5 heteroatoms. The second kappa shape index (κ2) is 6.79. The number of hydrogen-bond acceptors (Lipinski definition) is 2. The van der Waals surface area contributed by atoms with Gasteiger partial charge in [0.25, 0.3) is 0 Å². The maximum absolute atomic E-state index is 13.5. The highest BCUT2D eigenvalue weighted by atomic mass is 19.1. The number of H-pyrrole nitrogens is 1. The predicted molar refractivity (Wildman–Crippen MR) is 96.7 cm³/mol. The minimum atomic E-state index is -0.190. The Morgan fingerprint density at radius 1 is 1.36 bits per heavy atom. The van der Waals surface area contributed by atoms with Crippen molar-refractivity contribution in [3.63, 3.8) is 0 Å². The minimum absolute atomic E-state index is 0.190. The van der Waals surface area contributed by atoms with Crippen LogP contribution in [0.25, 0.3) is 10.9 Å². The number of carbonyl (C=O) groups excluding carboxylic acids is 1. The summed E-state index contributed by atoms with van der Waals surface area (Å²) in [6, 6.07) is 4.91. The third kappa shape index (κ3) is 3.43. The van der Waals surface area contributed by atoms with Crippen molar-refractivity contribution in [2.24, 2.45) is 11.8 Å². The molecule has 1 saturated heterocycles. The van der Waals surface area contributed by atoms with Crippen LogP contribution >= 0.6 is 0 Å². The summed E-state index contributed by atoms with van der Waals surface area (Å²) in [6.45, 7) is 5.76. The third-order valence-corrected chi connectivity index (χ3v) is 5.92. The third-order valence-electron chi connectivity index (χ3n) is 5.92. The summed E-state index contributed by atoms with van der Waals surface area (Å²) in [6.07, 6.45) is 4.44. The van der Waals surface area contributed by atoms with Gasteiger partial charge in [-0.25, -0.2) is 4.39 Å². The van der Waals surface area contributed by atoms with E-state index in [0.717, 1.165) is 61.9 Å². The molecule has 1 aliphatic carbocycles. The fourth-order valence-corrected chi connectivity index (χ4v) is 4.02. The highest BCUT2D eigenvalue weighted by Gasteiger charge is 2.28. The first kappa shape index (κ1) is 16.6. The maximum Gasteiger partial charge on any atom is 0.223 e. The molecule has 134 valence electrons. The number of fused-ring (bicyclic) bond motifs is 1. The molecule has 2 fully saturated rings. The van der Waals surface area contributed by atoms with Crippen molar-refractivity contribution in [1.29, 1.82) is 0 Å². The van der Waals surface area contributed by atoms with Crippen LogP contribution in [0, 0.1) is 24.6 Å². The average Bonchev–Trinajstić information content (AvgIpc) is 3.10. The Bertz CT molecular complexity index is 781. The Balaban J connectivity index is 1.33. The van der Waals surface area contributed by atoms with Crippen LogP contribution < -0.4 is 5.32 Å². The first-order chi connectivity index (χ1) is 12.1. The molecule has 2 N–H and O–H groups in total. The van der Waals surface area contributed by atoms with Crippen LogP contribution in [-0.4, -0.2) is 35.4 Å². The molecule has 2 aliphatic rings. The number of aromatic amines is 1. The van der Waals surface area contributed by atoms with Crippen LogP contribution in [-0.2, 0) is 11.3 Å². The quantitative estimate of drug-likeness (QED) is 0.875. The lowest BCUT2D eigenvalue weighted by molar-refractivity contribution is -0.127. The number of halogens is 1. The van der Waals surface area contributed by atoms with Gasteiger partial charge in [0, 0.05) is 42.1 Å². The predicted octanol–water partition coefficient (Wildman–Crippen LogP) is 3.35. The van der Waals surface area contributed by atoms with E-state index in [0.29, 0.717) is 5.92 Å². The molecule has 0 unspecified atom stereocenters. The van der Waals surface area contributed by atoms with Crippen molar-refractivity contribution in [3.8, 4) is 0 Å². The van der Waals surface area contributed by atoms with E-state index >= 15 is 0 Å². The second-order valence-electron chi connectivity index (χ2n) is 7.68. The Kier molecular flexibility index (Phi) is 4.50. The fraction of sp³-hybridized carbons (Fsp3) is 0.550. The van der Waals surface area contributed by atoms with Crippen molar-refractivity contribution in [3.05, 3.63) is 35.3 Å². The van der Waals surface area contributed by atoms with Gasteiger partial charge in [0.1, 0.15) is 5.82 Å². The topological polar surface area (TPSA) is 48.1 Å². The first-order valence-corrected chi connectivity index (χ1v) is 9.37. The van der Waals surface area contributed by atoms with Crippen LogP contribution in [0.2, 0.25) is 0 Å². The number of aryl methyl sites for hydroxylation is 1. The standard InChI is InChI=1S/C20H26FN3O/c1-13-17-9-16(21)5-6-18(17)23-19(13)12-24-8-7-14(11-24)10-22-20(25)15-3-2-4-15/h5-6,9,14-15,23H,2-4,7-8,10-12H2,1H3,(H,22,25)/t14-/m1/s1. The molecule has 1 atom stereocenters. The summed E-state index contributed by atoms with van der Waals surface area (Å²) in [5.74, 6) is 0.862. The minimum Gasteiger partial charge on any atom is -0.357 e. The molecule has 2 heterocycles. The summed E-state index contributed by atoms with van der Waals surface area (Å²) >= 11 is 0. The van der Waals surface area contributed by atoms with Crippen LogP contribution in [0.4, 0.5) is 4.39 Å². The molecule has 1 aromatic heterocycles. The number of rotatable bonds is 5. The first-order valence-electron chi connectivity index (χ1n) is 9.37. The largest absolute Gasteiger partial charge is 0.357 e. The molecular formula is C20H26FN3O. The monoisotopic (exact) mass is 343 g/mol. The van der Waals surface area contributed by atoms with E-state index < -0.39 is 0 Å². The van der Waals surface area contributed by atoms with Crippen LogP contribution in [0.15, 0.2) is 18.2 Å². The molecule has 1 aliphatic heterocycles. The Morgan fingerprint density at radius 3 is 2.96 bits per heavy atom. The lowest BCUT2D eigenvalue weighted by atomic mass is 9.85. The van der Waals surface area contributed by atoms with Gasteiger partial charge < -0.3 is 10.3 Å². The number of aromatic nitrogens is 1. The SMILES string of the molecule is Cc1c(CN2CC[C@H](CNC(=O)C3CCC3)C2)[nH]c2ccc(F)cc12. The molecule has 0 radical (unpaired) electrons. The Labute approximate surface area is 147 Å². The number of hydrogen-bond donors (Lipinski definition) is 2. The van der Waals surface area contributed by atoms with E-state index in [1.807, 2.05) is 6.07 Å². The molecule has 1 saturated carbocycles. The van der Waals surface area contributed by atoms with Crippen molar-refractivity contribution >= 4 is 16.8 Å². The van der Waals surface area contributed by atoms with E-state index in [2.05, 4.69) is 22.1 Å². The zero-order valence-corrected chi connectivity index (χ0v) is 14.8. The van der Waals surface area contributed by atoms with Crippen molar-refractivity contribution in [2.75, 3.05) is 19.6 Å². The molecule has 1 amide bonds. The highest BCUT2D eigenvalue weighted by molar-refractivity contribution is 5.84. The molecule has 4 rings (SSSR count). The van der Waals surface area contributed by atoms with Crippen LogP contribution in [0.5, 0.6) is 0 Å². The number of likely N-dealkylation sites (tertiary alicyclic amines) is 1. The van der Waals surface area contributed by atoms with Crippen molar-refractivity contribution in [2.45, 2.75) is 39.2 Å². The van der Waals surface area contributed by atoms with E-state index in [9.17, 15) is 9.18 Å². The van der Waals surface area contributed by atoms with E-state index in [4.69, 9.17) is 0 Å². The van der Waals surface area contributed by atoms with Gasteiger partial charge in [0.15, 0.2) is 0 Å². The zero-order chi connectivity index (χ0) is 17.4. The van der Waals surface area contributed by atoms with Gasteiger partial charge >= 0.3 is 0 Å². The number of nitrogens with one attached hydrogen (secondary N) is 2. The summed E-state index contributed by atoms with van der Waals surface area (Å²) in [5.41, 5.74) is 3.30. The summed E-state index contributed by atoms with van der Waals surface area (Å²) in [5, 5.41) is 4.11. The molecule has 0 bridgehead atoms. The van der Waals surface area contributed by atoms with E-state index in [-0.39, 0.29) is 17.6 Å². The lowest BCUT2D eigenvalue weighted by Gasteiger charge is -2.25. The van der Waals surface area contributed by atoms with Gasteiger partial charge in [0.05, 0.1) is 0 Å².